The van der Waals surface area contributed by atoms with Gasteiger partial charge in [0.25, 0.3) is 0 Å². The molecule has 0 amide bonds. The number of hydrogen-bond acceptors (Lipinski definition) is 3. The number of hydrogen-bond donors (Lipinski definition) is 1. The van der Waals surface area contributed by atoms with Gasteiger partial charge in [-0.15, -0.1) is 0 Å². The van der Waals surface area contributed by atoms with Crippen molar-refractivity contribution in [3.63, 3.8) is 0 Å². The van der Waals surface area contributed by atoms with E-state index in [4.69, 9.17) is 0 Å². The van der Waals surface area contributed by atoms with Crippen LogP contribution in [0.25, 0.3) is 0 Å². The van der Waals surface area contributed by atoms with Gasteiger partial charge >= 0.3 is 0 Å². The van der Waals surface area contributed by atoms with Gasteiger partial charge in [0, 0.05) is 38.3 Å². The van der Waals surface area contributed by atoms with Crippen LogP contribution < -0.4 is 10.2 Å². The Hall–Kier alpha value is -1.13. The zero-order valence-corrected chi connectivity index (χ0v) is 13.1. The predicted octanol–water partition coefficient (Wildman–Crippen LogP) is 2.78. The molecule has 1 aliphatic carbocycles. The molecule has 21 heavy (non-hydrogen) atoms. The molecular formula is C17H26FN3. The van der Waals surface area contributed by atoms with Crippen molar-refractivity contribution in [2.45, 2.75) is 38.8 Å². The third-order valence-electron chi connectivity index (χ3n) is 4.70. The van der Waals surface area contributed by atoms with Gasteiger partial charge in [0.05, 0.1) is 5.69 Å². The van der Waals surface area contributed by atoms with Gasteiger partial charge < -0.3 is 10.2 Å². The second-order valence-corrected chi connectivity index (χ2v) is 6.24. The van der Waals surface area contributed by atoms with Gasteiger partial charge in [-0.3, -0.25) is 4.90 Å². The first-order chi connectivity index (χ1) is 10.2. The highest BCUT2D eigenvalue weighted by atomic mass is 19.1. The molecule has 1 saturated heterocycles. The van der Waals surface area contributed by atoms with E-state index in [1.54, 1.807) is 6.07 Å². The Morgan fingerprint density at radius 2 is 1.95 bits per heavy atom. The normalized spacial score (nSPS) is 21.6. The van der Waals surface area contributed by atoms with Crippen LogP contribution in [0.2, 0.25) is 0 Å². The highest BCUT2D eigenvalue weighted by molar-refractivity contribution is 5.50. The molecule has 1 heterocycles. The van der Waals surface area contributed by atoms with Crippen LogP contribution in [-0.2, 0) is 0 Å². The first kappa shape index (κ1) is 14.8. The fourth-order valence-electron chi connectivity index (χ4n) is 3.24. The third kappa shape index (κ3) is 3.38. The largest absolute Gasteiger partial charge is 0.367 e. The van der Waals surface area contributed by atoms with Crippen LogP contribution in [0.3, 0.4) is 0 Å². The average Bonchev–Trinajstić information content (AvgIpc) is 3.32. The minimum absolute atomic E-state index is 0.0860. The molecule has 0 aromatic heterocycles. The predicted molar refractivity (Wildman–Crippen MR) is 85.3 cm³/mol. The van der Waals surface area contributed by atoms with E-state index in [0.29, 0.717) is 0 Å². The maximum atomic E-state index is 14.4. The molecule has 4 heteroatoms. The van der Waals surface area contributed by atoms with E-state index in [2.05, 4.69) is 35.0 Å². The summed E-state index contributed by atoms with van der Waals surface area (Å²) < 4.78 is 14.4. The van der Waals surface area contributed by atoms with Crippen molar-refractivity contribution >= 4 is 5.69 Å². The zero-order chi connectivity index (χ0) is 14.8. The van der Waals surface area contributed by atoms with Crippen molar-refractivity contribution in [3.05, 3.63) is 29.6 Å². The lowest BCUT2D eigenvalue weighted by Gasteiger charge is -2.36. The van der Waals surface area contributed by atoms with E-state index in [0.717, 1.165) is 50.0 Å². The number of halogens is 1. The molecule has 1 N–H and O–H groups in total. The molecule has 1 aromatic carbocycles. The quantitative estimate of drug-likeness (QED) is 0.900. The number of rotatable bonds is 5. The molecule has 3 rings (SSSR count). The van der Waals surface area contributed by atoms with Crippen LogP contribution >= 0.6 is 0 Å². The average molecular weight is 291 g/mol. The second-order valence-electron chi connectivity index (χ2n) is 6.24. The summed E-state index contributed by atoms with van der Waals surface area (Å²) in [5, 5.41) is 3.33. The molecule has 1 aromatic rings. The number of anilines is 1. The summed E-state index contributed by atoms with van der Waals surface area (Å²) in [6.45, 7) is 9.06. The Labute approximate surface area is 127 Å². The Morgan fingerprint density at radius 3 is 2.52 bits per heavy atom. The summed E-state index contributed by atoms with van der Waals surface area (Å²) in [6.07, 6.45) is 2.71. The molecule has 0 spiro atoms. The molecule has 1 atom stereocenters. The van der Waals surface area contributed by atoms with Gasteiger partial charge in [0.2, 0.25) is 0 Å². The van der Waals surface area contributed by atoms with Crippen LogP contribution in [0.5, 0.6) is 0 Å². The first-order valence-electron chi connectivity index (χ1n) is 8.21. The fraction of sp³-hybridized carbons (Fsp3) is 0.647. The van der Waals surface area contributed by atoms with E-state index >= 15 is 0 Å². The number of nitrogens with zero attached hydrogens (tertiary/aromatic N) is 2. The van der Waals surface area contributed by atoms with Crippen molar-refractivity contribution in [2.75, 3.05) is 37.6 Å². The monoisotopic (exact) mass is 291 g/mol. The Morgan fingerprint density at radius 1 is 1.24 bits per heavy atom. The summed E-state index contributed by atoms with van der Waals surface area (Å²) in [5.74, 6) is -0.0860. The van der Waals surface area contributed by atoms with Crippen molar-refractivity contribution in [1.82, 2.24) is 10.2 Å². The van der Waals surface area contributed by atoms with Crippen molar-refractivity contribution in [2.24, 2.45) is 0 Å². The van der Waals surface area contributed by atoms with E-state index < -0.39 is 0 Å². The van der Waals surface area contributed by atoms with Gasteiger partial charge in [0.1, 0.15) is 5.82 Å². The molecular weight excluding hydrogens is 265 g/mol. The molecule has 2 aliphatic rings. The summed E-state index contributed by atoms with van der Waals surface area (Å²) in [4.78, 5) is 4.74. The van der Waals surface area contributed by atoms with Crippen LogP contribution in [-0.4, -0.2) is 43.7 Å². The minimum Gasteiger partial charge on any atom is -0.367 e. The molecule has 1 unspecified atom stereocenters. The Bertz CT molecular complexity index is 479. The van der Waals surface area contributed by atoms with E-state index in [9.17, 15) is 4.39 Å². The van der Waals surface area contributed by atoms with Gasteiger partial charge in [0.15, 0.2) is 0 Å². The second kappa shape index (κ2) is 6.32. The molecule has 1 saturated carbocycles. The van der Waals surface area contributed by atoms with Crippen molar-refractivity contribution < 1.29 is 4.39 Å². The van der Waals surface area contributed by atoms with Gasteiger partial charge in [-0.1, -0.05) is 13.0 Å². The third-order valence-corrected chi connectivity index (χ3v) is 4.70. The highest BCUT2D eigenvalue weighted by Gasteiger charge is 2.31. The van der Waals surface area contributed by atoms with Crippen molar-refractivity contribution in [3.8, 4) is 0 Å². The smallest absolute Gasteiger partial charge is 0.146 e. The summed E-state index contributed by atoms with van der Waals surface area (Å²) in [7, 11) is 0. The molecule has 1 aliphatic heterocycles. The lowest BCUT2D eigenvalue weighted by atomic mass is 10.1. The van der Waals surface area contributed by atoms with Crippen LogP contribution in [0.15, 0.2) is 18.2 Å². The van der Waals surface area contributed by atoms with E-state index in [1.165, 1.54) is 12.8 Å². The molecule has 3 nitrogen and oxygen atoms in total. The number of benzene rings is 1. The molecule has 116 valence electrons. The van der Waals surface area contributed by atoms with Crippen LogP contribution in [0, 0.1) is 5.82 Å². The molecule has 2 fully saturated rings. The Kier molecular flexibility index (Phi) is 4.45. The number of nitrogens with one attached hydrogen (secondary N) is 1. The van der Waals surface area contributed by atoms with E-state index in [1.807, 2.05) is 6.07 Å². The zero-order valence-electron chi connectivity index (χ0n) is 13.1. The highest BCUT2D eigenvalue weighted by Crippen LogP contribution is 2.29. The topological polar surface area (TPSA) is 18.5 Å². The number of piperazine rings is 1. The summed E-state index contributed by atoms with van der Waals surface area (Å²) in [6, 6.07) is 6.71. The van der Waals surface area contributed by atoms with Crippen molar-refractivity contribution in [1.29, 1.82) is 0 Å². The SMILES string of the molecule is CCNC(C)c1ccc(N2CCN(C3CC3)CC2)c(F)c1. The van der Waals surface area contributed by atoms with Gasteiger partial charge in [-0.05, 0) is 44.0 Å². The lowest BCUT2D eigenvalue weighted by Crippen LogP contribution is -2.47. The summed E-state index contributed by atoms with van der Waals surface area (Å²) >= 11 is 0. The standard InChI is InChI=1S/C17H26FN3/c1-3-19-13(2)14-4-7-17(16(18)12-14)21-10-8-20(9-11-21)15-5-6-15/h4,7,12-13,15,19H,3,5-6,8-11H2,1-2H3. The first-order valence-corrected chi connectivity index (χ1v) is 8.21. The maximum Gasteiger partial charge on any atom is 0.146 e. The molecule has 0 bridgehead atoms. The van der Waals surface area contributed by atoms with Crippen LogP contribution in [0.4, 0.5) is 10.1 Å². The molecule has 0 radical (unpaired) electrons. The van der Waals surface area contributed by atoms with E-state index in [-0.39, 0.29) is 11.9 Å². The van der Waals surface area contributed by atoms with Gasteiger partial charge in [-0.2, -0.15) is 0 Å². The minimum atomic E-state index is -0.0860. The Balaban J connectivity index is 1.65. The maximum absolute atomic E-state index is 14.4. The lowest BCUT2D eigenvalue weighted by molar-refractivity contribution is 0.247. The summed E-state index contributed by atoms with van der Waals surface area (Å²) in [5.41, 5.74) is 1.78. The van der Waals surface area contributed by atoms with Crippen LogP contribution in [0.1, 0.15) is 38.3 Å². The fourth-order valence-corrected chi connectivity index (χ4v) is 3.24. The van der Waals surface area contributed by atoms with Gasteiger partial charge in [-0.25, -0.2) is 4.39 Å².